The molecule has 2 rings (SSSR count). The summed E-state index contributed by atoms with van der Waals surface area (Å²) in [5.74, 6) is 0.435. The molecule has 1 unspecified atom stereocenters. The van der Waals surface area contributed by atoms with Crippen molar-refractivity contribution in [3.8, 4) is 0 Å². The first-order valence-electron chi connectivity index (χ1n) is 6.79. The minimum absolute atomic E-state index is 0.0334. The molecule has 1 saturated heterocycles. The fourth-order valence-electron chi connectivity index (χ4n) is 2.42. The number of nitro benzene ring substituents is 1. The molecule has 0 aromatic heterocycles. The third kappa shape index (κ3) is 3.54. The Labute approximate surface area is 117 Å². The van der Waals surface area contributed by atoms with Crippen molar-refractivity contribution in [1.29, 1.82) is 0 Å². The number of carbonyl (C=O) groups excluding carboxylic acids is 1. The van der Waals surface area contributed by atoms with Gasteiger partial charge in [0.2, 0.25) is 5.91 Å². The molecule has 108 valence electrons. The molecule has 1 fully saturated rings. The van der Waals surface area contributed by atoms with E-state index in [1.807, 2.05) is 0 Å². The molecule has 0 saturated carbocycles. The summed E-state index contributed by atoms with van der Waals surface area (Å²) in [7, 11) is 1.71. The van der Waals surface area contributed by atoms with Crippen LogP contribution in [0.5, 0.6) is 0 Å². The SMILES string of the molecule is CN(C(=O)CC1CCCNC1)c1ccc([N+](=O)[O-])cc1. The highest BCUT2D eigenvalue weighted by Gasteiger charge is 2.20. The van der Waals surface area contributed by atoms with Crippen LogP contribution >= 0.6 is 0 Å². The van der Waals surface area contributed by atoms with Gasteiger partial charge in [-0.05, 0) is 44.0 Å². The number of hydrogen-bond donors (Lipinski definition) is 1. The molecule has 0 aliphatic carbocycles. The lowest BCUT2D eigenvalue weighted by molar-refractivity contribution is -0.384. The van der Waals surface area contributed by atoms with E-state index in [0.29, 0.717) is 18.0 Å². The average Bonchev–Trinajstić information content (AvgIpc) is 2.47. The molecular formula is C14H19N3O3. The van der Waals surface area contributed by atoms with Crippen molar-refractivity contribution < 1.29 is 9.72 Å². The molecule has 1 amide bonds. The van der Waals surface area contributed by atoms with Crippen molar-refractivity contribution in [2.24, 2.45) is 5.92 Å². The Hall–Kier alpha value is -1.95. The van der Waals surface area contributed by atoms with Crippen LogP contribution in [-0.4, -0.2) is 31.0 Å². The molecule has 1 aromatic rings. The lowest BCUT2D eigenvalue weighted by Crippen LogP contribution is -2.35. The van der Waals surface area contributed by atoms with Gasteiger partial charge in [0.15, 0.2) is 0 Å². The van der Waals surface area contributed by atoms with E-state index in [2.05, 4.69) is 5.32 Å². The van der Waals surface area contributed by atoms with E-state index in [0.717, 1.165) is 25.9 Å². The van der Waals surface area contributed by atoms with Gasteiger partial charge in [-0.2, -0.15) is 0 Å². The first-order chi connectivity index (χ1) is 9.58. The number of nitrogens with one attached hydrogen (secondary N) is 1. The predicted octanol–water partition coefficient (Wildman–Crippen LogP) is 1.95. The van der Waals surface area contributed by atoms with E-state index in [-0.39, 0.29) is 11.6 Å². The van der Waals surface area contributed by atoms with E-state index in [9.17, 15) is 14.9 Å². The maximum Gasteiger partial charge on any atom is 0.269 e. The zero-order chi connectivity index (χ0) is 14.5. The van der Waals surface area contributed by atoms with Crippen molar-refractivity contribution in [2.45, 2.75) is 19.3 Å². The second-order valence-electron chi connectivity index (χ2n) is 5.14. The minimum Gasteiger partial charge on any atom is -0.316 e. The van der Waals surface area contributed by atoms with Crippen LogP contribution in [-0.2, 0) is 4.79 Å². The average molecular weight is 277 g/mol. The van der Waals surface area contributed by atoms with E-state index < -0.39 is 4.92 Å². The Morgan fingerprint density at radius 1 is 1.45 bits per heavy atom. The van der Waals surface area contributed by atoms with Gasteiger partial charge in [-0.1, -0.05) is 0 Å². The number of benzene rings is 1. The lowest BCUT2D eigenvalue weighted by Gasteiger charge is -2.25. The van der Waals surface area contributed by atoms with Gasteiger partial charge in [-0.15, -0.1) is 0 Å². The van der Waals surface area contributed by atoms with Gasteiger partial charge in [-0.25, -0.2) is 0 Å². The molecule has 6 nitrogen and oxygen atoms in total. The van der Waals surface area contributed by atoms with Crippen LogP contribution in [0, 0.1) is 16.0 Å². The molecule has 0 spiro atoms. The fraction of sp³-hybridized carbons (Fsp3) is 0.500. The highest BCUT2D eigenvalue weighted by Crippen LogP contribution is 2.21. The number of non-ortho nitro benzene ring substituents is 1. The Morgan fingerprint density at radius 3 is 2.70 bits per heavy atom. The smallest absolute Gasteiger partial charge is 0.269 e. The summed E-state index contributed by atoms with van der Waals surface area (Å²) in [5.41, 5.74) is 0.718. The van der Waals surface area contributed by atoms with Crippen molar-refractivity contribution in [2.75, 3.05) is 25.0 Å². The van der Waals surface area contributed by atoms with Crippen LogP contribution in [0.2, 0.25) is 0 Å². The highest BCUT2D eigenvalue weighted by molar-refractivity contribution is 5.93. The fourth-order valence-corrected chi connectivity index (χ4v) is 2.42. The zero-order valence-corrected chi connectivity index (χ0v) is 11.5. The van der Waals surface area contributed by atoms with Gasteiger partial charge in [-0.3, -0.25) is 14.9 Å². The van der Waals surface area contributed by atoms with Gasteiger partial charge in [0.1, 0.15) is 0 Å². The van der Waals surface area contributed by atoms with Crippen LogP contribution in [0.3, 0.4) is 0 Å². The standard InChI is InChI=1S/C14H19N3O3/c1-16(12-4-6-13(7-5-12)17(19)20)14(18)9-11-3-2-8-15-10-11/h4-7,11,15H,2-3,8-10H2,1H3. The number of piperidine rings is 1. The molecule has 0 bridgehead atoms. The monoisotopic (exact) mass is 277 g/mol. The van der Waals surface area contributed by atoms with Gasteiger partial charge in [0.25, 0.3) is 5.69 Å². The largest absolute Gasteiger partial charge is 0.316 e. The van der Waals surface area contributed by atoms with Gasteiger partial charge in [0.05, 0.1) is 4.92 Å². The van der Waals surface area contributed by atoms with E-state index in [4.69, 9.17) is 0 Å². The topological polar surface area (TPSA) is 75.5 Å². The summed E-state index contributed by atoms with van der Waals surface area (Å²) >= 11 is 0. The van der Waals surface area contributed by atoms with Gasteiger partial charge in [0, 0.05) is 31.3 Å². The van der Waals surface area contributed by atoms with Crippen molar-refractivity contribution in [3.63, 3.8) is 0 Å². The first kappa shape index (κ1) is 14.5. The van der Waals surface area contributed by atoms with Crippen LogP contribution in [0.4, 0.5) is 11.4 Å². The Kier molecular flexibility index (Phi) is 4.68. The number of anilines is 1. The third-order valence-electron chi connectivity index (χ3n) is 3.68. The highest BCUT2D eigenvalue weighted by atomic mass is 16.6. The molecule has 0 radical (unpaired) electrons. The molecular weight excluding hydrogens is 258 g/mol. The van der Waals surface area contributed by atoms with E-state index in [1.54, 1.807) is 24.1 Å². The summed E-state index contributed by atoms with van der Waals surface area (Å²) in [6.45, 7) is 1.92. The zero-order valence-electron chi connectivity index (χ0n) is 11.5. The Bertz CT molecular complexity index is 481. The third-order valence-corrected chi connectivity index (χ3v) is 3.68. The summed E-state index contributed by atoms with van der Waals surface area (Å²) < 4.78 is 0. The second kappa shape index (κ2) is 6.47. The number of rotatable bonds is 4. The molecule has 1 aliphatic rings. The number of amides is 1. The minimum atomic E-state index is -0.445. The number of carbonyl (C=O) groups is 1. The number of nitrogens with zero attached hydrogens (tertiary/aromatic N) is 2. The first-order valence-corrected chi connectivity index (χ1v) is 6.79. The molecule has 20 heavy (non-hydrogen) atoms. The molecule has 1 heterocycles. The predicted molar refractivity (Wildman–Crippen MR) is 76.7 cm³/mol. The van der Waals surface area contributed by atoms with Crippen molar-refractivity contribution in [1.82, 2.24) is 5.32 Å². The molecule has 1 N–H and O–H groups in total. The number of nitro groups is 1. The summed E-state index contributed by atoms with van der Waals surface area (Å²) in [5, 5.41) is 13.9. The van der Waals surface area contributed by atoms with Gasteiger partial charge < -0.3 is 10.2 Å². The molecule has 1 aliphatic heterocycles. The van der Waals surface area contributed by atoms with E-state index >= 15 is 0 Å². The maximum absolute atomic E-state index is 12.2. The Balaban J connectivity index is 1.96. The summed E-state index contributed by atoms with van der Waals surface area (Å²) in [6, 6.07) is 6.05. The van der Waals surface area contributed by atoms with Crippen molar-refractivity contribution in [3.05, 3.63) is 34.4 Å². The van der Waals surface area contributed by atoms with E-state index in [1.165, 1.54) is 12.1 Å². The lowest BCUT2D eigenvalue weighted by atomic mass is 9.95. The maximum atomic E-state index is 12.2. The van der Waals surface area contributed by atoms with Crippen molar-refractivity contribution >= 4 is 17.3 Å². The summed E-state index contributed by atoms with van der Waals surface area (Å²) in [6.07, 6.45) is 2.70. The normalized spacial score (nSPS) is 18.6. The van der Waals surface area contributed by atoms with Crippen LogP contribution in [0.25, 0.3) is 0 Å². The van der Waals surface area contributed by atoms with Crippen LogP contribution < -0.4 is 10.2 Å². The molecule has 1 aromatic carbocycles. The molecule has 1 atom stereocenters. The molecule has 6 heteroatoms. The van der Waals surface area contributed by atoms with Crippen LogP contribution in [0.15, 0.2) is 24.3 Å². The summed E-state index contributed by atoms with van der Waals surface area (Å²) in [4.78, 5) is 23.9. The second-order valence-corrected chi connectivity index (χ2v) is 5.14. The van der Waals surface area contributed by atoms with Gasteiger partial charge >= 0.3 is 0 Å². The quantitative estimate of drug-likeness (QED) is 0.674. The number of hydrogen-bond acceptors (Lipinski definition) is 4. The van der Waals surface area contributed by atoms with Crippen LogP contribution in [0.1, 0.15) is 19.3 Å². The Morgan fingerprint density at radius 2 is 2.15 bits per heavy atom.